The molecule has 1 heterocycles. The summed E-state index contributed by atoms with van der Waals surface area (Å²) in [6.07, 6.45) is 0.238. The Bertz CT molecular complexity index is 259. The Morgan fingerprint density at radius 1 is 1.75 bits per heavy atom. The number of esters is 1. The van der Waals surface area contributed by atoms with Gasteiger partial charge in [-0.2, -0.15) is 0 Å². The van der Waals surface area contributed by atoms with E-state index in [-0.39, 0.29) is 47.7 Å². The Kier molecular flexibility index (Phi) is 5.57. The Morgan fingerprint density at radius 2 is 2.42 bits per heavy atom. The van der Waals surface area contributed by atoms with E-state index in [9.17, 15) is 4.79 Å². The molecule has 0 spiro atoms. The molecule has 0 aliphatic carbocycles. The quantitative estimate of drug-likeness (QED) is 0.560. The molecule has 0 aromatic carbocycles. The fourth-order valence-corrected chi connectivity index (χ4v) is 1.41. The van der Waals surface area contributed by atoms with Crippen molar-refractivity contribution in [2.24, 2.45) is 0 Å². The molecule has 1 aromatic rings. The molecule has 5 heteroatoms. The molecule has 3 nitrogen and oxygen atoms in total. The molecule has 0 fully saturated rings. The molecule has 1 radical (unpaired) electrons. The van der Waals surface area contributed by atoms with Crippen LogP contribution in [0.1, 0.15) is 4.88 Å². The van der Waals surface area contributed by atoms with E-state index in [4.69, 9.17) is 5.11 Å². The zero-order valence-electron chi connectivity index (χ0n) is 7.03. The van der Waals surface area contributed by atoms with Gasteiger partial charge in [-0.25, -0.2) is 0 Å². The summed E-state index contributed by atoms with van der Waals surface area (Å²) >= 11 is 1.34. The summed E-state index contributed by atoms with van der Waals surface area (Å²) in [4.78, 5) is 11.5. The normalized spacial score (nSPS) is 8.75. The van der Waals surface area contributed by atoms with Gasteiger partial charge in [-0.3, -0.25) is 4.79 Å². The van der Waals surface area contributed by atoms with Crippen LogP contribution in [0, 0.1) is 0 Å². The molecule has 0 saturated carbocycles. The maximum Gasteiger partial charge on any atom is 0.310 e. The minimum Gasteiger partial charge on any atom is -0.507 e. The van der Waals surface area contributed by atoms with E-state index in [0.29, 0.717) is 0 Å². The molecule has 0 aliphatic heterocycles. The molecule has 0 aliphatic rings. The first-order valence-electron chi connectivity index (χ1n) is 3.05. The monoisotopic (exact) mass is 195 g/mol. The summed E-state index contributed by atoms with van der Waals surface area (Å²) in [6, 6.07) is 1.56. The van der Waals surface area contributed by atoms with Gasteiger partial charge in [0.05, 0.1) is 13.5 Å². The zero-order chi connectivity index (χ0) is 8.27. The fourth-order valence-electron chi connectivity index (χ4n) is 0.676. The second-order valence-electron chi connectivity index (χ2n) is 2.02. The molecular formula is C7H8NaO3S. The Morgan fingerprint density at radius 3 is 2.83 bits per heavy atom. The fraction of sp³-hybridized carbons (Fsp3) is 0.286. The Labute approximate surface area is 96.6 Å². The van der Waals surface area contributed by atoms with Gasteiger partial charge in [-0.15, -0.1) is 11.3 Å². The molecule has 1 rings (SSSR count). The van der Waals surface area contributed by atoms with Crippen molar-refractivity contribution in [3.63, 3.8) is 0 Å². The molecule has 1 N–H and O–H groups in total. The van der Waals surface area contributed by atoms with E-state index in [2.05, 4.69) is 4.74 Å². The minimum absolute atomic E-state index is 0. The van der Waals surface area contributed by atoms with E-state index < -0.39 is 0 Å². The molecular weight excluding hydrogens is 187 g/mol. The summed E-state index contributed by atoms with van der Waals surface area (Å²) < 4.78 is 4.45. The molecule has 0 saturated heterocycles. The Hall–Kier alpha value is -0.0300. The first kappa shape index (κ1) is 12.0. The number of carbonyl (C=O) groups is 1. The van der Waals surface area contributed by atoms with Gasteiger partial charge in [0, 0.05) is 39.8 Å². The largest absolute Gasteiger partial charge is 0.507 e. The molecule has 1 aromatic heterocycles. The number of hydrogen-bond donors (Lipinski definition) is 1. The summed E-state index contributed by atoms with van der Waals surface area (Å²) in [7, 11) is 1.34. The smallest absolute Gasteiger partial charge is 0.310 e. The van der Waals surface area contributed by atoms with Crippen LogP contribution in [0.25, 0.3) is 0 Å². The molecule has 0 unspecified atom stereocenters. The number of ether oxygens (including phenoxy) is 1. The third kappa shape index (κ3) is 3.58. The second-order valence-corrected chi connectivity index (χ2v) is 3.02. The van der Waals surface area contributed by atoms with E-state index in [1.54, 1.807) is 11.4 Å². The van der Waals surface area contributed by atoms with E-state index in [1.165, 1.54) is 18.4 Å². The number of methoxy groups -OCH3 is 1. The van der Waals surface area contributed by atoms with E-state index in [0.717, 1.165) is 4.88 Å². The van der Waals surface area contributed by atoms with Crippen LogP contribution >= 0.6 is 11.3 Å². The van der Waals surface area contributed by atoms with Crippen molar-refractivity contribution < 1.29 is 14.6 Å². The topological polar surface area (TPSA) is 46.5 Å². The first-order valence-corrected chi connectivity index (χ1v) is 3.93. The van der Waals surface area contributed by atoms with Crippen molar-refractivity contribution in [2.45, 2.75) is 6.42 Å². The van der Waals surface area contributed by atoms with Crippen molar-refractivity contribution in [1.29, 1.82) is 0 Å². The molecule has 0 atom stereocenters. The summed E-state index contributed by atoms with van der Waals surface area (Å²) in [6.45, 7) is 0. The molecule has 0 bridgehead atoms. The van der Waals surface area contributed by atoms with Gasteiger partial charge in [-0.05, 0) is 6.07 Å². The van der Waals surface area contributed by atoms with E-state index >= 15 is 0 Å². The molecule has 0 amide bonds. The number of hydrogen-bond acceptors (Lipinski definition) is 4. The average molecular weight is 195 g/mol. The third-order valence-corrected chi connectivity index (χ3v) is 2.11. The van der Waals surface area contributed by atoms with Crippen LogP contribution in [0.2, 0.25) is 0 Å². The average Bonchev–Trinajstić information content (AvgIpc) is 2.35. The van der Waals surface area contributed by atoms with E-state index in [1.807, 2.05) is 0 Å². The van der Waals surface area contributed by atoms with Gasteiger partial charge in [0.2, 0.25) is 0 Å². The number of aromatic hydroxyl groups is 1. The second kappa shape index (κ2) is 5.59. The van der Waals surface area contributed by atoms with Crippen molar-refractivity contribution in [1.82, 2.24) is 0 Å². The zero-order valence-corrected chi connectivity index (χ0v) is 9.85. The number of thiophene rings is 1. The van der Waals surface area contributed by atoms with Crippen LogP contribution in [0.3, 0.4) is 0 Å². The first-order chi connectivity index (χ1) is 5.22. The van der Waals surface area contributed by atoms with Gasteiger partial charge >= 0.3 is 5.97 Å². The van der Waals surface area contributed by atoms with Gasteiger partial charge in [0.15, 0.2) is 0 Å². The maximum atomic E-state index is 10.7. The van der Waals surface area contributed by atoms with Gasteiger partial charge in [-0.1, -0.05) is 0 Å². The summed E-state index contributed by atoms with van der Waals surface area (Å²) in [5.41, 5.74) is 0. The van der Waals surface area contributed by atoms with Crippen LogP contribution in [-0.4, -0.2) is 47.7 Å². The van der Waals surface area contributed by atoms with Crippen LogP contribution in [-0.2, 0) is 16.0 Å². The van der Waals surface area contributed by atoms with Gasteiger partial charge in [0.1, 0.15) is 5.75 Å². The summed E-state index contributed by atoms with van der Waals surface area (Å²) in [5.74, 6) is -0.0826. The van der Waals surface area contributed by atoms with Crippen molar-refractivity contribution in [3.05, 3.63) is 16.3 Å². The predicted octanol–water partition coefficient (Wildman–Crippen LogP) is 0.788. The number of rotatable bonds is 2. The Balaban J connectivity index is 0.00000121. The molecule has 12 heavy (non-hydrogen) atoms. The van der Waals surface area contributed by atoms with Crippen molar-refractivity contribution in [3.8, 4) is 5.75 Å². The van der Waals surface area contributed by atoms with Crippen LogP contribution in [0.4, 0.5) is 0 Å². The standard InChI is InChI=1S/C7H8O3S.Na/c1-10-7(9)3-6-2-5(8)4-11-6;/h2,4,8H,3H2,1H3;. The predicted molar refractivity (Wildman–Crippen MR) is 47.5 cm³/mol. The van der Waals surface area contributed by atoms with Crippen LogP contribution in [0.5, 0.6) is 5.75 Å². The van der Waals surface area contributed by atoms with Crippen LogP contribution < -0.4 is 0 Å². The third-order valence-electron chi connectivity index (χ3n) is 1.19. The van der Waals surface area contributed by atoms with Crippen molar-refractivity contribution >= 4 is 46.9 Å². The van der Waals surface area contributed by atoms with Gasteiger partial charge < -0.3 is 9.84 Å². The molecule has 61 valence electrons. The summed E-state index contributed by atoms with van der Waals surface area (Å²) in [5, 5.41) is 10.5. The minimum atomic E-state index is -0.285. The SMILES string of the molecule is COC(=O)Cc1cc(O)cs1.[Na]. The van der Waals surface area contributed by atoms with Crippen LogP contribution in [0.15, 0.2) is 11.4 Å². The maximum absolute atomic E-state index is 10.7. The van der Waals surface area contributed by atoms with Crippen molar-refractivity contribution in [2.75, 3.05) is 7.11 Å². The van der Waals surface area contributed by atoms with Gasteiger partial charge in [0.25, 0.3) is 0 Å². The number of carbonyl (C=O) groups excluding carboxylic acids is 1.